The van der Waals surface area contributed by atoms with Crippen molar-refractivity contribution in [3.63, 3.8) is 0 Å². The van der Waals surface area contributed by atoms with Gasteiger partial charge in [0.1, 0.15) is 0 Å². The van der Waals surface area contributed by atoms with E-state index in [4.69, 9.17) is 16.3 Å². The van der Waals surface area contributed by atoms with Crippen molar-refractivity contribution in [2.75, 3.05) is 38.2 Å². The average Bonchev–Trinajstić information content (AvgIpc) is 2.50. The van der Waals surface area contributed by atoms with Crippen LogP contribution in [0.15, 0.2) is 0 Å². The van der Waals surface area contributed by atoms with E-state index in [1.54, 1.807) is 14.0 Å². The zero-order valence-corrected chi connectivity index (χ0v) is 13.0. The molecule has 1 aliphatic rings. The molecule has 1 amide bonds. The first-order valence-electron chi connectivity index (χ1n) is 6.21. The molecular formula is C11H19ClN2O5S. The summed E-state index contributed by atoms with van der Waals surface area (Å²) in [5, 5.41) is 1.96. The van der Waals surface area contributed by atoms with Gasteiger partial charge in [-0.2, -0.15) is 0 Å². The number of rotatable bonds is 6. The molecule has 1 fully saturated rings. The van der Waals surface area contributed by atoms with Gasteiger partial charge < -0.3 is 10.1 Å². The number of nitrogens with one attached hydrogen (secondary N) is 1. The van der Waals surface area contributed by atoms with Gasteiger partial charge in [0.05, 0.1) is 42.6 Å². The van der Waals surface area contributed by atoms with Gasteiger partial charge in [0.15, 0.2) is 9.84 Å². The Morgan fingerprint density at radius 3 is 2.50 bits per heavy atom. The third-order valence-electron chi connectivity index (χ3n) is 2.75. The maximum atomic E-state index is 11.7. The van der Waals surface area contributed by atoms with Gasteiger partial charge in [0.25, 0.3) is 0 Å². The van der Waals surface area contributed by atoms with Crippen LogP contribution >= 0.6 is 11.6 Å². The number of hydrogen-bond acceptors (Lipinski definition) is 6. The van der Waals surface area contributed by atoms with Crippen LogP contribution < -0.4 is 5.32 Å². The predicted molar refractivity (Wildman–Crippen MR) is 74.4 cm³/mol. The number of esters is 1. The van der Waals surface area contributed by atoms with E-state index in [0.29, 0.717) is 0 Å². The molecule has 1 N–H and O–H groups in total. The molecule has 0 radical (unpaired) electrons. The van der Waals surface area contributed by atoms with E-state index in [1.165, 1.54) is 4.90 Å². The molecule has 9 heteroatoms. The van der Waals surface area contributed by atoms with Crippen LogP contribution in [0.2, 0.25) is 0 Å². The molecule has 1 rings (SSSR count). The van der Waals surface area contributed by atoms with Gasteiger partial charge in [-0.1, -0.05) is 0 Å². The van der Waals surface area contributed by atoms with Gasteiger partial charge in [-0.3, -0.25) is 14.5 Å². The largest absolute Gasteiger partial charge is 0.465 e. The Bertz CT molecular complexity index is 467. The van der Waals surface area contributed by atoms with E-state index in [2.05, 4.69) is 5.32 Å². The fourth-order valence-electron chi connectivity index (χ4n) is 1.92. The quantitative estimate of drug-likeness (QED) is 0.497. The molecule has 0 aromatic heterocycles. The number of hydrogen-bond donors (Lipinski definition) is 1. The third kappa shape index (κ3) is 5.64. The van der Waals surface area contributed by atoms with Crippen LogP contribution in [0.1, 0.15) is 6.92 Å². The topological polar surface area (TPSA) is 92.8 Å². The summed E-state index contributed by atoms with van der Waals surface area (Å²) in [5.74, 6) is -1.06. The third-order valence-corrected chi connectivity index (χ3v) is 5.12. The molecule has 0 saturated carbocycles. The van der Waals surface area contributed by atoms with Crippen molar-refractivity contribution in [1.29, 1.82) is 0 Å². The lowest BCUT2D eigenvalue weighted by atomic mass is 10.2. The minimum Gasteiger partial charge on any atom is -0.465 e. The summed E-state index contributed by atoms with van der Waals surface area (Å²) in [6.45, 7) is 1.95. The highest BCUT2D eigenvalue weighted by atomic mass is 35.5. The van der Waals surface area contributed by atoms with Gasteiger partial charge in [0.2, 0.25) is 5.91 Å². The average molecular weight is 327 g/mol. The normalized spacial score (nSPS) is 24.6. The first-order valence-corrected chi connectivity index (χ1v) is 8.47. The Balaban J connectivity index is 2.38. The second-order valence-electron chi connectivity index (χ2n) is 4.74. The van der Waals surface area contributed by atoms with Gasteiger partial charge in [-0.25, -0.2) is 8.42 Å². The minimum absolute atomic E-state index is 0.00543. The van der Waals surface area contributed by atoms with Crippen LogP contribution in [-0.2, 0) is 24.2 Å². The standard InChI is InChI=1S/C11H19ClN2O5S/c1-3-19-11(16)5-14(2)4-10(15)13-9-7-20(17,18)6-8(9)12/h8-9H,3-7H2,1-2H3,(H,13,15). The maximum absolute atomic E-state index is 11.7. The van der Waals surface area contributed by atoms with Crippen LogP contribution in [0.3, 0.4) is 0 Å². The molecule has 1 aliphatic heterocycles. The van der Waals surface area contributed by atoms with Crippen molar-refractivity contribution in [2.24, 2.45) is 0 Å². The summed E-state index contributed by atoms with van der Waals surface area (Å²) in [4.78, 5) is 24.5. The highest BCUT2D eigenvalue weighted by Gasteiger charge is 2.37. The smallest absolute Gasteiger partial charge is 0.320 e. The highest BCUT2D eigenvalue weighted by molar-refractivity contribution is 7.91. The van der Waals surface area contributed by atoms with E-state index in [-0.39, 0.29) is 37.1 Å². The zero-order valence-electron chi connectivity index (χ0n) is 11.5. The van der Waals surface area contributed by atoms with Crippen LogP contribution in [0.5, 0.6) is 0 Å². The number of likely N-dealkylation sites (N-methyl/N-ethyl adjacent to an activating group) is 1. The molecule has 2 atom stereocenters. The van der Waals surface area contributed by atoms with Gasteiger partial charge in [0, 0.05) is 0 Å². The van der Waals surface area contributed by atoms with Crippen molar-refractivity contribution in [3.05, 3.63) is 0 Å². The zero-order chi connectivity index (χ0) is 15.3. The van der Waals surface area contributed by atoms with E-state index in [9.17, 15) is 18.0 Å². The number of amides is 1. The number of sulfone groups is 1. The maximum Gasteiger partial charge on any atom is 0.320 e. The van der Waals surface area contributed by atoms with Crippen molar-refractivity contribution >= 4 is 33.3 Å². The van der Waals surface area contributed by atoms with Crippen molar-refractivity contribution in [2.45, 2.75) is 18.3 Å². The van der Waals surface area contributed by atoms with Crippen molar-refractivity contribution in [3.8, 4) is 0 Å². The molecule has 7 nitrogen and oxygen atoms in total. The van der Waals surface area contributed by atoms with E-state index in [0.717, 1.165) is 0 Å². The predicted octanol–water partition coefficient (Wildman–Crippen LogP) is -0.998. The molecule has 0 aliphatic carbocycles. The molecule has 0 aromatic rings. The Kier molecular flexibility index (Phi) is 6.22. The van der Waals surface area contributed by atoms with E-state index < -0.39 is 27.2 Å². The second-order valence-corrected chi connectivity index (χ2v) is 7.46. The summed E-state index contributed by atoms with van der Waals surface area (Å²) in [5.41, 5.74) is 0. The Hall–Kier alpha value is -0.860. The summed E-state index contributed by atoms with van der Waals surface area (Å²) in [6.07, 6.45) is 0. The van der Waals surface area contributed by atoms with E-state index in [1.807, 2.05) is 0 Å². The van der Waals surface area contributed by atoms with Crippen molar-refractivity contribution < 1.29 is 22.7 Å². The number of nitrogens with zero attached hydrogens (tertiary/aromatic N) is 1. The number of carbonyl (C=O) groups excluding carboxylic acids is 2. The SMILES string of the molecule is CCOC(=O)CN(C)CC(=O)NC1CS(=O)(=O)CC1Cl. The second kappa shape index (κ2) is 7.24. The summed E-state index contributed by atoms with van der Waals surface area (Å²) >= 11 is 5.89. The monoisotopic (exact) mass is 326 g/mol. The summed E-state index contributed by atoms with van der Waals surface area (Å²) < 4.78 is 27.5. The molecule has 116 valence electrons. The van der Waals surface area contributed by atoms with Gasteiger partial charge in [-0.05, 0) is 14.0 Å². The van der Waals surface area contributed by atoms with Crippen LogP contribution in [0.4, 0.5) is 0 Å². The molecule has 2 unspecified atom stereocenters. The highest BCUT2D eigenvalue weighted by Crippen LogP contribution is 2.17. The molecule has 20 heavy (non-hydrogen) atoms. The lowest BCUT2D eigenvalue weighted by molar-refractivity contribution is -0.144. The fraction of sp³-hybridized carbons (Fsp3) is 0.818. The number of halogens is 1. The molecule has 1 heterocycles. The van der Waals surface area contributed by atoms with Crippen LogP contribution in [-0.4, -0.2) is 74.9 Å². The number of carbonyl (C=O) groups is 2. The summed E-state index contributed by atoms with van der Waals surface area (Å²) in [6, 6.07) is -0.579. The lowest BCUT2D eigenvalue weighted by Gasteiger charge is -2.18. The number of ether oxygens (including phenoxy) is 1. The van der Waals surface area contributed by atoms with Gasteiger partial charge in [-0.15, -0.1) is 11.6 Å². The number of alkyl halides is 1. The Morgan fingerprint density at radius 1 is 1.35 bits per heavy atom. The Morgan fingerprint density at radius 2 is 2.00 bits per heavy atom. The molecule has 0 aromatic carbocycles. The molecule has 0 spiro atoms. The first-order chi connectivity index (χ1) is 9.23. The lowest BCUT2D eigenvalue weighted by Crippen LogP contribution is -2.45. The minimum atomic E-state index is -3.18. The van der Waals surface area contributed by atoms with Gasteiger partial charge >= 0.3 is 5.97 Å². The van der Waals surface area contributed by atoms with Crippen molar-refractivity contribution in [1.82, 2.24) is 10.2 Å². The molecule has 0 bridgehead atoms. The Labute approximate surface area is 123 Å². The molecular weight excluding hydrogens is 308 g/mol. The van der Waals surface area contributed by atoms with Crippen LogP contribution in [0, 0.1) is 0 Å². The fourth-order valence-corrected chi connectivity index (χ4v) is 4.47. The van der Waals surface area contributed by atoms with Crippen LogP contribution in [0.25, 0.3) is 0 Å². The summed E-state index contributed by atoms with van der Waals surface area (Å²) in [7, 11) is -1.58. The molecule has 1 saturated heterocycles. The first kappa shape index (κ1) is 17.2. The van der Waals surface area contributed by atoms with E-state index >= 15 is 0 Å².